The number of benzene rings is 4. The van der Waals surface area contributed by atoms with Crippen molar-refractivity contribution < 1.29 is 48.2 Å². The van der Waals surface area contributed by atoms with Gasteiger partial charge in [0.15, 0.2) is 0 Å². The van der Waals surface area contributed by atoms with Crippen molar-refractivity contribution in [1.82, 2.24) is 26.2 Å². The molecule has 0 aliphatic carbocycles. The molecule has 0 aromatic heterocycles. The molecule has 7 N–H and O–H groups in total. The van der Waals surface area contributed by atoms with Gasteiger partial charge in [-0.1, -0.05) is 135 Å². The number of aliphatic carboxylic acids is 1. The van der Waals surface area contributed by atoms with Crippen LogP contribution in [0.3, 0.4) is 0 Å². The fourth-order valence-electron chi connectivity index (χ4n) is 9.58. The lowest BCUT2D eigenvalue weighted by atomic mass is 9.76. The molecule has 0 fully saturated rings. The molecule has 18 heteroatoms. The molecule has 4 aromatic rings. The summed E-state index contributed by atoms with van der Waals surface area (Å²) in [6.07, 6.45) is 2.03. The van der Waals surface area contributed by atoms with Crippen LogP contribution >= 0.6 is 0 Å². The summed E-state index contributed by atoms with van der Waals surface area (Å²) >= 11 is 0. The number of rotatable bonds is 24. The smallest absolute Gasteiger partial charge is 0.411 e. The first-order valence-corrected chi connectivity index (χ1v) is 27.8. The molecule has 0 spiro atoms. The minimum absolute atomic E-state index is 0.0772. The Morgan fingerprint density at radius 1 is 0.707 bits per heavy atom. The largest absolute Gasteiger partial charge is 0.478 e. The Hall–Kier alpha value is -8.30. The topological polar surface area (TPSA) is 245 Å². The predicted molar refractivity (Wildman–Crippen MR) is 318 cm³/mol. The first kappa shape index (κ1) is 64.5. The minimum Gasteiger partial charge on any atom is -0.478 e. The second-order valence-electron chi connectivity index (χ2n) is 23.2. The third-order valence-electron chi connectivity index (χ3n) is 14.6. The van der Waals surface area contributed by atoms with Crippen LogP contribution < -0.4 is 36.8 Å². The number of fused-ring (bicyclic) bond motifs is 2. The van der Waals surface area contributed by atoms with Crippen molar-refractivity contribution in [2.75, 3.05) is 29.6 Å². The molecule has 7 amide bonds. The van der Waals surface area contributed by atoms with Gasteiger partial charge in [0.1, 0.15) is 24.7 Å². The number of nitrogens with zero attached hydrogens (tertiary/aromatic N) is 2. The zero-order valence-corrected chi connectivity index (χ0v) is 49.6. The van der Waals surface area contributed by atoms with Crippen molar-refractivity contribution in [3.63, 3.8) is 0 Å². The highest BCUT2D eigenvalue weighted by atomic mass is 16.5. The summed E-state index contributed by atoms with van der Waals surface area (Å²) in [5, 5.41) is 26.7. The van der Waals surface area contributed by atoms with Gasteiger partial charge in [0.05, 0.1) is 24.3 Å². The molecule has 1 aliphatic heterocycles. The second kappa shape index (κ2) is 28.9. The molecule has 5 rings (SSSR count). The Bertz CT molecular complexity index is 3060. The van der Waals surface area contributed by atoms with Gasteiger partial charge >= 0.3 is 12.1 Å². The van der Waals surface area contributed by atoms with E-state index in [1.807, 2.05) is 103 Å². The number of carbonyl (C=O) groups excluding carboxylic acids is 7. The van der Waals surface area contributed by atoms with Crippen LogP contribution in [0.2, 0.25) is 0 Å². The molecule has 0 radical (unpaired) electrons. The van der Waals surface area contributed by atoms with Crippen LogP contribution in [0.4, 0.5) is 21.9 Å². The SMILES string of the molecule is CN[C@@H](C(=O)N[C@H](C(=O)N(C)[C@H](/C=C(\C)C(=O)O)C(C)C)C(C)(C)C)C(C)(C)c1cccc(NC(=O)OCc2ccc(NC(=O)[C@H](C)NC(=O)[C@@H](NC(=O)CCCCC(=O)N3Cc4ccccc4C#Cc4ccccc43)C(C)C)cc2)c1. The number of carboxylic acid groups (broad SMARTS) is 1. The Morgan fingerprint density at radius 2 is 1.34 bits per heavy atom. The quantitative estimate of drug-likeness (QED) is 0.0199. The van der Waals surface area contributed by atoms with E-state index in [9.17, 15) is 43.5 Å². The molecule has 0 saturated carbocycles. The summed E-state index contributed by atoms with van der Waals surface area (Å²) in [5.74, 6) is 2.71. The van der Waals surface area contributed by atoms with Crippen molar-refractivity contribution in [1.29, 1.82) is 0 Å². The van der Waals surface area contributed by atoms with Crippen molar-refractivity contribution >= 4 is 64.6 Å². The van der Waals surface area contributed by atoms with E-state index >= 15 is 0 Å². The molecule has 82 heavy (non-hydrogen) atoms. The van der Waals surface area contributed by atoms with Gasteiger partial charge < -0.3 is 46.2 Å². The monoisotopic (exact) mass is 1120 g/mol. The standard InChI is InChI=1S/C64H82N8O10/c1-39(2)51(35-41(5)61(79)80)71(13)60(78)56(63(7,8)9)70-59(77)55(65-12)64(10,11)47-24-20-25-49(36-47)68-62(81)82-38-43-29-33-48(34-30-43)67-57(75)42(6)66-58(76)54(40(3)4)69-52(73)27-18-19-28-53(74)72-37-46-23-15-14-21-44(46)31-32-45-22-16-17-26-50(45)72/h14-17,20-26,29-30,33-36,39-40,42,51,54-56,65H,18-19,27-28,37-38H2,1-13H3,(H,66,76)(H,67,75)(H,68,81)(H,69,73)(H,70,77)(H,79,80)/b41-35+/t42-,51+,54-,55-,56+/m0/s1. The summed E-state index contributed by atoms with van der Waals surface area (Å²) in [6, 6.07) is 24.7. The van der Waals surface area contributed by atoms with Crippen molar-refractivity contribution in [3.8, 4) is 11.8 Å². The van der Waals surface area contributed by atoms with Crippen LogP contribution in [-0.4, -0.2) is 102 Å². The average molecular weight is 1120 g/mol. The Labute approximate surface area is 483 Å². The third-order valence-corrected chi connectivity index (χ3v) is 14.6. The molecular formula is C64H82N8O10. The number of para-hydroxylation sites is 1. The zero-order chi connectivity index (χ0) is 60.6. The van der Waals surface area contributed by atoms with E-state index in [1.165, 1.54) is 18.7 Å². The molecular weight excluding hydrogens is 1040 g/mol. The number of likely N-dealkylation sites (N-methyl/N-ethyl adjacent to an activating group) is 2. The lowest BCUT2D eigenvalue weighted by Crippen LogP contribution is -2.61. The number of ether oxygens (including phenoxy) is 1. The van der Waals surface area contributed by atoms with Crippen LogP contribution in [0.5, 0.6) is 0 Å². The fraction of sp³-hybridized carbons (Fsp3) is 0.438. The maximum absolute atomic E-state index is 14.2. The number of anilines is 3. The number of nitrogens with one attached hydrogen (secondary N) is 6. The summed E-state index contributed by atoms with van der Waals surface area (Å²) in [7, 11) is 3.26. The third kappa shape index (κ3) is 17.6. The molecule has 4 aromatic carbocycles. The van der Waals surface area contributed by atoms with Crippen LogP contribution in [0.15, 0.2) is 109 Å². The predicted octanol–water partition coefficient (Wildman–Crippen LogP) is 8.44. The van der Waals surface area contributed by atoms with Crippen LogP contribution in [0.25, 0.3) is 0 Å². The number of carboxylic acids is 1. The number of hydrogen-bond donors (Lipinski definition) is 7. The van der Waals surface area contributed by atoms with Gasteiger partial charge in [-0.3, -0.25) is 34.1 Å². The molecule has 0 unspecified atom stereocenters. The van der Waals surface area contributed by atoms with E-state index in [0.717, 1.165) is 22.4 Å². The Kier molecular flexibility index (Phi) is 22.7. The van der Waals surface area contributed by atoms with Crippen LogP contribution in [0, 0.1) is 29.1 Å². The highest BCUT2D eigenvalue weighted by Gasteiger charge is 2.42. The Morgan fingerprint density at radius 3 is 1.98 bits per heavy atom. The van der Waals surface area contributed by atoms with E-state index in [1.54, 1.807) is 81.4 Å². The van der Waals surface area contributed by atoms with Crippen LogP contribution in [-0.2, 0) is 56.9 Å². The fourth-order valence-corrected chi connectivity index (χ4v) is 9.58. The number of hydrogen-bond acceptors (Lipinski definition) is 10. The van der Waals surface area contributed by atoms with Crippen molar-refractivity contribution in [2.45, 2.75) is 151 Å². The summed E-state index contributed by atoms with van der Waals surface area (Å²) < 4.78 is 5.53. The van der Waals surface area contributed by atoms with E-state index in [4.69, 9.17) is 4.74 Å². The first-order chi connectivity index (χ1) is 38.6. The number of carbonyl (C=O) groups is 8. The molecule has 0 bridgehead atoms. The minimum atomic E-state index is -1.08. The van der Waals surface area contributed by atoms with Gasteiger partial charge in [0.2, 0.25) is 35.4 Å². The molecule has 438 valence electrons. The summed E-state index contributed by atoms with van der Waals surface area (Å²) in [5.41, 5.74) is 4.01. The normalized spacial score (nSPS) is 14.1. The van der Waals surface area contributed by atoms with Gasteiger partial charge in [-0.15, -0.1) is 0 Å². The molecule has 18 nitrogen and oxygen atoms in total. The van der Waals surface area contributed by atoms with Crippen molar-refractivity contribution in [2.24, 2.45) is 17.3 Å². The van der Waals surface area contributed by atoms with E-state index in [2.05, 4.69) is 43.7 Å². The lowest BCUT2D eigenvalue weighted by molar-refractivity contribution is -0.141. The van der Waals surface area contributed by atoms with Crippen LogP contribution in [0.1, 0.15) is 130 Å². The molecule has 0 saturated heterocycles. The zero-order valence-electron chi connectivity index (χ0n) is 49.6. The van der Waals surface area contributed by atoms with E-state index in [-0.39, 0.29) is 54.6 Å². The highest BCUT2D eigenvalue weighted by Crippen LogP contribution is 2.32. The van der Waals surface area contributed by atoms with Gasteiger partial charge in [0.25, 0.3) is 0 Å². The summed E-state index contributed by atoms with van der Waals surface area (Å²) in [6.45, 7) is 20.0. The lowest BCUT2D eigenvalue weighted by Gasteiger charge is -2.40. The van der Waals surface area contributed by atoms with Gasteiger partial charge in [-0.25, -0.2) is 9.59 Å². The summed E-state index contributed by atoms with van der Waals surface area (Å²) in [4.78, 5) is 110. The molecule has 1 aliphatic rings. The van der Waals surface area contributed by atoms with Gasteiger partial charge in [-0.2, -0.15) is 0 Å². The number of unbranched alkanes of at least 4 members (excludes halogenated alkanes) is 1. The highest BCUT2D eigenvalue weighted by molar-refractivity contribution is 5.99. The second-order valence-corrected chi connectivity index (χ2v) is 23.2. The van der Waals surface area contributed by atoms with Crippen molar-refractivity contribution in [3.05, 3.63) is 137 Å². The molecule has 1 heterocycles. The van der Waals surface area contributed by atoms with E-state index in [0.29, 0.717) is 41.9 Å². The molecule has 5 atom stereocenters. The maximum atomic E-state index is 14.2. The first-order valence-electron chi connectivity index (χ1n) is 27.8. The van der Waals surface area contributed by atoms with E-state index < -0.39 is 70.8 Å². The number of amides is 7. The van der Waals surface area contributed by atoms with Gasteiger partial charge in [-0.05, 0) is 110 Å². The Balaban J connectivity index is 1.08. The maximum Gasteiger partial charge on any atom is 0.411 e. The average Bonchev–Trinajstić information content (AvgIpc) is 3.49. The van der Waals surface area contributed by atoms with Gasteiger partial charge in [0, 0.05) is 53.4 Å².